The molecule has 1 aromatic carbocycles. The van der Waals surface area contributed by atoms with E-state index in [0.717, 1.165) is 15.6 Å². The predicted molar refractivity (Wildman–Crippen MR) is 73.4 cm³/mol. The summed E-state index contributed by atoms with van der Waals surface area (Å²) in [4.78, 5) is 10.7. The fourth-order valence-corrected chi connectivity index (χ4v) is 2.66. The summed E-state index contributed by atoms with van der Waals surface area (Å²) in [6, 6.07) is 4.73. The van der Waals surface area contributed by atoms with E-state index in [4.69, 9.17) is 22.4 Å². The van der Waals surface area contributed by atoms with Gasteiger partial charge >= 0.3 is 5.97 Å². The highest BCUT2D eigenvalue weighted by Gasteiger charge is 2.14. The number of carboxylic acids is 1. The summed E-state index contributed by atoms with van der Waals surface area (Å²) in [5, 5.41) is 12.3. The van der Waals surface area contributed by atoms with E-state index in [0.29, 0.717) is 11.4 Å². The zero-order valence-electron chi connectivity index (χ0n) is 8.72. The average molecular weight is 292 g/mol. The Morgan fingerprint density at radius 2 is 2.24 bits per heavy atom. The molecular weight excluding hydrogens is 281 g/mol. The quantitative estimate of drug-likeness (QED) is 0.914. The number of fused-ring (bicyclic) bond motifs is 1. The SMILES string of the molecule is Cl.NC(Cc1csc2ccc(Cl)cc12)C(=O)O. The molecule has 6 heteroatoms. The lowest BCUT2D eigenvalue weighted by Gasteiger charge is -2.04. The largest absolute Gasteiger partial charge is 0.480 e. The van der Waals surface area contributed by atoms with Crippen LogP contribution in [-0.2, 0) is 11.2 Å². The number of halogens is 2. The second kappa shape index (κ2) is 5.69. The molecule has 0 radical (unpaired) electrons. The summed E-state index contributed by atoms with van der Waals surface area (Å²) in [5.74, 6) is -0.985. The van der Waals surface area contributed by atoms with Gasteiger partial charge in [0.15, 0.2) is 0 Å². The van der Waals surface area contributed by atoms with Crippen molar-refractivity contribution in [3.63, 3.8) is 0 Å². The van der Waals surface area contributed by atoms with Crippen LogP contribution in [0.15, 0.2) is 23.6 Å². The highest BCUT2D eigenvalue weighted by molar-refractivity contribution is 7.17. The van der Waals surface area contributed by atoms with Crippen molar-refractivity contribution in [1.29, 1.82) is 0 Å². The fraction of sp³-hybridized carbons (Fsp3) is 0.182. The minimum atomic E-state index is -0.985. The van der Waals surface area contributed by atoms with Crippen molar-refractivity contribution in [3.05, 3.63) is 34.2 Å². The Hall–Kier alpha value is -0.810. The van der Waals surface area contributed by atoms with E-state index in [-0.39, 0.29) is 12.4 Å². The second-order valence-corrected chi connectivity index (χ2v) is 4.90. The van der Waals surface area contributed by atoms with Gasteiger partial charge in [-0.25, -0.2) is 0 Å². The molecule has 0 aliphatic carbocycles. The van der Waals surface area contributed by atoms with Crippen molar-refractivity contribution in [2.75, 3.05) is 0 Å². The van der Waals surface area contributed by atoms with Crippen LogP contribution in [0.5, 0.6) is 0 Å². The third-order valence-electron chi connectivity index (χ3n) is 2.37. The molecule has 0 aliphatic rings. The number of benzene rings is 1. The zero-order valence-corrected chi connectivity index (χ0v) is 11.1. The van der Waals surface area contributed by atoms with Gasteiger partial charge in [-0.05, 0) is 40.9 Å². The summed E-state index contributed by atoms with van der Waals surface area (Å²) in [7, 11) is 0. The maximum Gasteiger partial charge on any atom is 0.320 e. The molecule has 17 heavy (non-hydrogen) atoms. The first-order valence-electron chi connectivity index (χ1n) is 4.72. The van der Waals surface area contributed by atoms with E-state index in [9.17, 15) is 4.79 Å². The van der Waals surface area contributed by atoms with Crippen LogP contribution in [0.1, 0.15) is 5.56 Å². The first kappa shape index (κ1) is 14.3. The standard InChI is InChI=1S/C11H10ClNO2S.ClH/c12-7-1-2-10-8(4-7)6(5-16-10)3-9(13)11(14)15;/h1-2,4-5,9H,3,13H2,(H,14,15);1H. The molecule has 0 saturated heterocycles. The number of thiophene rings is 1. The Bertz CT molecular complexity index is 541. The lowest BCUT2D eigenvalue weighted by molar-refractivity contribution is -0.138. The molecule has 1 unspecified atom stereocenters. The van der Waals surface area contributed by atoms with Gasteiger partial charge in [0.1, 0.15) is 6.04 Å². The van der Waals surface area contributed by atoms with E-state index in [1.54, 1.807) is 11.3 Å². The van der Waals surface area contributed by atoms with Crippen LogP contribution in [0.4, 0.5) is 0 Å². The summed E-state index contributed by atoms with van der Waals surface area (Å²) in [6.07, 6.45) is 0.329. The Kier molecular flexibility index (Phi) is 4.77. The highest BCUT2D eigenvalue weighted by atomic mass is 35.5. The minimum Gasteiger partial charge on any atom is -0.480 e. The maximum atomic E-state index is 10.7. The molecule has 0 saturated carbocycles. The first-order chi connectivity index (χ1) is 7.58. The smallest absolute Gasteiger partial charge is 0.320 e. The number of rotatable bonds is 3. The molecule has 0 aliphatic heterocycles. The normalized spacial score (nSPS) is 12.1. The summed E-state index contributed by atoms with van der Waals surface area (Å²) < 4.78 is 1.09. The van der Waals surface area contributed by atoms with Gasteiger partial charge in [0.05, 0.1) is 0 Å². The summed E-state index contributed by atoms with van der Waals surface area (Å²) in [6.45, 7) is 0. The van der Waals surface area contributed by atoms with E-state index < -0.39 is 12.0 Å². The van der Waals surface area contributed by atoms with Gasteiger partial charge in [0.25, 0.3) is 0 Å². The molecule has 92 valence electrons. The molecule has 0 bridgehead atoms. The number of aliphatic carboxylic acids is 1. The number of carbonyl (C=O) groups is 1. The van der Waals surface area contributed by atoms with Crippen molar-refractivity contribution >= 4 is 51.4 Å². The highest BCUT2D eigenvalue weighted by Crippen LogP contribution is 2.29. The molecule has 0 amide bonds. The van der Waals surface area contributed by atoms with Crippen molar-refractivity contribution < 1.29 is 9.90 Å². The molecule has 2 aromatic rings. The Morgan fingerprint density at radius 1 is 1.53 bits per heavy atom. The minimum absolute atomic E-state index is 0. The van der Waals surface area contributed by atoms with Crippen LogP contribution >= 0.6 is 35.3 Å². The lowest BCUT2D eigenvalue weighted by Crippen LogP contribution is -2.32. The fourth-order valence-electron chi connectivity index (χ4n) is 1.54. The topological polar surface area (TPSA) is 63.3 Å². The molecule has 1 aromatic heterocycles. The van der Waals surface area contributed by atoms with Gasteiger partial charge in [-0.3, -0.25) is 4.79 Å². The van der Waals surface area contributed by atoms with Gasteiger partial charge in [-0.2, -0.15) is 0 Å². The Balaban J connectivity index is 0.00000144. The van der Waals surface area contributed by atoms with Crippen molar-refractivity contribution in [1.82, 2.24) is 0 Å². The van der Waals surface area contributed by atoms with Crippen LogP contribution in [0.2, 0.25) is 5.02 Å². The Labute approximate surface area is 114 Å². The molecule has 1 heterocycles. The number of nitrogens with two attached hydrogens (primary N) is 1. The number of hydrogen-bond acceptors (Lipinski definition) is 3. The predicted octanol–water partition coefficient (Wildman–Crippen LogP) is 2.93. The molecule has 0 fully saturated rings. The van der Waals surface area contributed by atoms with Crippen molar-refractivity contribution in [3.8, 4) is 0 Å². The van der Waals surface area contributed by atoms with Crippen LogP contribution < -0.4 is 5.73 Å². The average Bonchev–Trinajstić information content (AvgIpc) is 2.61. The molecule has 1 atom stereocenters. The lowest BCUT2D eigenvalue weighted by atomic mass is 10.1. The molecule has 0 spiro atoms. The third-order valence-corrected chi connectivity index (χ3v) is 3.62. The molecule has 3 N–H and O–H groups in total. The number of hydrogen-bond donors (Lipinski definition) is 2. The van der Waals surface area contributed by atoms with Gasteiger partial charge in [0, 0.05) is 9.72 Å². The van der Waals surface area contributed by atoms with Crippen LogP contribution in [0.25, 0.3) is 10.1 Å². The van der Waals surface area contributed by atoms with Gasteiger partial charge in [-0.15, -0.1) is 23.7 Å². The molecule has 2 rings (SSSR count). The third kappa shape index (κ3) is 3.10. The van der Waals surface area contributed by atoms with E-state index in [1.807, 2.05) is 23.6 Å². The summed E-state index contributed by atoms with van der Waals surface area (Å²) in [5.41, 5.74) is 6.45. The Morgan fingerprint density at radius 3 is 2.88 bits per heavy atom. The van der Waals surface area contributed by atoms with Crippen molar-refractivity contribution in [2.45, 2.75) is 12.5 Å². The maximum absolute atomic E-state index is 10.7. The monoisotopic (exact) mass is 291 g/mol. The van der Waals surface area contributed by atoms with Crippen LogP contribution in [0.3, 0.4) is 0 Å². The van der Waals surface area contributed by atoms with Gasteiger partial charge in [0.2, 0.25) is 0 Å². The molecule has 3 nitrogen and oxygen atoms in total. The van der Waals surface area contributed by atoms with E-state index in [2.05, 4.69) is 0 Å². The van der Waals surface area contributed by atoms with Crippen LogP contribution in [-0.4, -0.2) is 17.1 Å². The van der Waals surface area contributed by atoms with Crippen molar-refractivity contribution in [2.24, 2.45) is 5.73 Å². The second-order valence-electron chi connectivity index (χ2n) is 3.55. The van der Waals surface area contributed by atoms with Gasteiger partial charge in [-0.1, -0.05) is 11.6 Å². The summed E-state index contributed by atoms with van der Waals surface area (Å²) >= 11 is 7.47. The number of carboxylic acid groups (broad SMARTS) is 1. The van der Waals surface area contributed by atoms with Crippen LogP contribution in [0, 0.1) is 0 Å². The van der Waals surface area contributed by atoms with E-state index >= 15 is 0 Å². The molecular formula is C11H11Cl2NO2S. The zero-order chi connectivity index (χ0) is 11.7. The first-order valence-corrected chi connectivity index (χ1v) is 5.97. The van der Waals surface area contributed by atoms with E-state index in [1.165, 1.54) is 0 Å². The van der Waals surface area contributed by atoms with Gasteiger partial charge < -0.3 is 10.8 Å².